The number of aromatic carboxylic acids is 1. The molecular formula is C10H10BrNO3. The summed E-state index contributed by atoms with van der Waals surface area (Å²) in [6.45, 7) is 3.08. The molecule has 5 heteroatoms. The molecule has 80 valence electrons. The van der Waals surface area contributed by atoms with Crippen LogP contribution in [-0.4, -0.2) is 17.0 Å². The number of carbonyl (C=O) groups is 2. The summed E-state index contributed by atoms with van der Waals surface area (Å²) in [5, 5.41) is 11.5. The van der Waals surface area contributed by atoms with Gasteiger partial charge in [-0.05, 0) is 24.6 Å². The van der Waals surface area contributed by atoms with E-state index in [1.54, 1.807) is 13.0 Å². The second kappa shape index (κ2) is 4.44. The highest BCUT2D eigenvalue weighted by Crippen LogP contribution is 2.25. The number of benzene rings is 1. The maximum atomic E-state index is 10.9. The molecular weight excluding hydrogens is 262 g/mol. The molecule has 1 rings (SSSR count). The summed E-state index contributed by atoms with van der Waals surface area (Å²) in [7, 11) is 0. The van der Waals surface area contributed by atoms with E-state index in [9.17, 15) is 9.59 Å². The highest BCUT2D eigenvalue weighted by Gasteiger charge is 2.14. The van der Waals surface area contributed by atoms with Gasteiger partial charge in [0.15, 0.2) is 0 Å². The van der Waals surface area contributed by atoms with Crippen LogP contribution in [-0.2, 0) is 4.79 Å². The van der Waals surface area contributed by atoms with Gasteiger partial charge in [0.1, 0.15) is 0 Å². The first kappa shape index (κ1) is 11.7. The van der Waals surface area contributed by atoms with E-state index in [1.807, 2.05) is 0 Å². The Morgan fingerprint density at radius 3 is 2.47 bits per heavy atom. The summed E-state index contributed by atoms with van der Waals surface area (Å²) in [5.74, 6) is -1.36. The van der Waals surface area contributed by atoms with Gasteiger partial charge in [-0.3, -0.25) is 4.79 Å². The average molecular weight is 272 g/mol. The van der Waals surface area contributed by atoms with Crippen LogP contribution in [0.1, 0.15) is 22.8 Å². The van der Waals surface area contributed by atoms with Crippen LogP contribution < -0.4 is 5.32 Å². The predicted octanol–water partition coefficient (Wildman–Crippen LogP) is 2.41. The van der Waals surface area contributed by atoms with E-state index in [0.29, 0.717) is 15.7 Å². The van der Waals surface area contributed by atoms with Gasteiger partial charge in [0.25, 0.3) is 0 Å². The average Bonchev–Trinajstić information content (AvgIpc) is 2.08. The summed E-state index contributed by atoms with van der Waals surface area (Å²) < 4.78 is 0.673. The molecule has 0 aliphatic rings. The van der Waals surface area contributed by atoms with Crippen molar-refractivity contribution >= 4 is 33.5 Å². The van der Waals surface area contributed by atoms with E-state index in [-0.39, 0.29) is 11.5 Å². The third-order valence-corrected chi connectivity index (χ3v) is 2.29. The second-order valence-electron chi connectivity index (χ2n) is 3.13. The first-order chi connectivity index (χ1) is 6.91. The van der Waals surface area contributed by atoms with E-state index < -0.39 is 5.97 Å². The van der Waals surface area contributed by atoms with Crippen molar-refractivity contribution in [2.75, 3.05) is 5.32 Å². The maximum Gasteiger partial charge on any atom is 0.337 e. The summed E-state index contributed by atoms with van der Waals surface area (Å²) in [5.41, 5.74) is 1.13. The van der Waals surface area contributed by atoms with Crippen LogP contribution in [0.25, 0.3) is 0 Å². The van der Waals surface area contributed by atoms with Gasteiger partial charge in [0.2, 0.25) is 5.91 Å². The fourth-order valence-electron chi connectivity index (χ4n) is 1.25. The minimum absolute atomic E-state index is 0.0806. The summed E-state index contributed by atoms with van der Waals surface area (Å²) in [6, 6.07) is 3.21. The van der Waals surface area contributed by atoms with Crippen LogP contribution in [0.15, 0.2) is 16.6 Å². The highest BCUT2D eigenvalue weighted by atomic mass is 79.9. The quantitative estimate of drug-likeness (QED) is 0.868. The third-order valence-electron chi connectivity index (χ3n) is 1.83. The van der Waals surface area contributed by atoms with Crippen LogP contribution in [0.3, 0.4) is 0 Å². The van der Waals surface area contributed by atoms with Crippen LogP contribution in [0.4, 0.5) is 5.69 Å². The number of aryl methyl sites for hydroxylation is 1. The van der Waals surface area contributed by atoms with Crippen molar-refractivity contribution in [2.24, 2.45) is 0 Å². The minimum Gasteiger partial charge on any atom is -0.478 e. The molecule has 2 N–H and O–H groups in total. The van der Waals surface area contributed by atoms with E-state index in [1.165, 1.54) is 13.0 Å². The number of amides is 1. The minimum atomic E-state index is -1.07. The van der Waals surface area contributed by atoms with Crippen molar-refractivity contribution in [3.8, 4) is 0 Å². The largest absolute Gasteiger partial charge is 0.478 e. The fourth-order valence-corrected chi connectivity index (χ4v) is 1.83. The van der Waals surface area contributed by atoms with Crippen molar-refractivity contribution in [1.29, 1.82) is 0 Å². The molecule has 0 aliphatic heterocycles. The van der Waals surface area contributed by atoms with Crippen LogP contribution in [0.2, 0.25) is 0 Å². The zero-order valence-electron chi connectivity index (χ0n) is 8.30. The van der Waals surface area contributed by atoms with Crippen molar-refractivity contribution in [3.05, 3.63) is 27.7 Å². The van der Waals surface area contributed by atoms with E-state index in [0.717, 1.165) is 0 Å². The molecule has 4 nitrogen and oxygen atoms in total. The molecule has 0 aromatic heterocycles. The van der Waals surface area contributed by atoms with Gasteiger partial charge in [0, 0.05) is 11.4 Å². The Balaban J connectivity index is 3.33. The zero-order valence-corrected chi connectivity index (χ0v) is 9.88. The van der Waals surface area contributed by atoms with Crippen LogP contribution in [0, 0.1) is 6.92 Å². The Bertz CT molecular complexity index is 429. The Labute approximate surface area is 95.4 Å². The van der Waals surface area contributed by atoms with Crippen molar-refractivity contribution < 1.29 is 14.7 Å². The third kappa shape index (κ3) is 2.79. The van der Waals surface area contributed by atoms with Crippen LogP contribution >= 0.6 is 15.9 Å². The van der Waals surface area contributed by atoms with E-state index in [4.69, 9.17) is 5.11 Å². The number of nitrogens with one attached hydrogen (secondary N) is 1. The van der Waals surface area contributed by atoms with Crippen LogP contribution in [0.5, 0.6) is 0 Å². The van der Waals surface area contributed by atoms with Gasteiger partial charge in [-0.15, -0.1) is 0 Å². The second-order valence-corrected chi connectivity index (χ2v) is 4.05. The fraction of sp³-hybridized carbons (Fsp3) is 0.200. The normalized spacial score (nSPS) is 9.80. The van der Waals surface area contributed by atoms with Gasteiger partial charge in [-0.1, -0.05) is 15.9 Å². The van der Waals surface area contributed by atoms with Gasteiger partial charge in [0.05, 0.1) is 11.3 Å². The predicted molar refractivity (Wildman–Crippen MR) is 60.1 cm³/mol. The van der Waals surface area contributed by atoms with Crippen molar-refractivity contribution in [3.63, 3.8) is 0 Å². The molecule has 0 fully saturated rings. The lowest BCUT2D eigenvalue weighted by Gasteiger charge is -2.10. The number of carboxylic acids is 1. The van der Waals surface area contributed by atoms with Gasteiger partial charge < -0.3 is 10.4 Å². The number of halogens is 1. The molecule has 0 saturated heterocycles. The van der Waals surface area contributed by atoms with Crippen molar-refractivity contribution in [1.82, 2.24) is 0 Å². The van der Waals surface area contributed by atoms with Gasteiger partial charge in [-0.25, -0.2) is 4.79 Å². The SMILES string of the molecule is CC(=O)Nc1c(C)cc(Br)cc1C(=O)O. The molecule has 0 heterocycles. The molecule has 0 radical (unpaired) electrons. The zero-order chi connectivity index (χ0) is 11.6. The Morgan fingerprint density at radius 2 is 2.00 bits per heavy atom. The Hall–Kier alpha value is -1.36. The lowest BCUT2D eigenvalue weighted by Crippen LogP contribution is -2.12. The first-order valence-corrected chi connectivity index (χ1v) is 5.02. The number of hydrogen-bond acceptors (Lipinski definition) is 2. The molecule has 0 aliphatic carbocycles. The molecule has 0 atom stereocenters. The Kier molecular flexibility index (Phi) is 3.47. The Morgan fingerprint density at radius 1 is 1.40 bits per heavy atom. The molecule has 1 aromatic carbocycles. The molecule has 1 aromatic rings. The summed E-state index contributed by atoms with van der Waals surface area (Å²) in [6.07, 6.45) is 0. The highest BCUT2D eigenvalue weighted by molar-refractivity contribution is 9.10. The topological polar surface area (TPSA) is 66.4 Å². The molecule has 15 heavy (non-hydrogen) atoms. The number of anilines is 1. The number of carbonyl (C=O) groups excluding carboxylic acids is 1. The summed E-state index contributed by atoms with van der Waals surface area (Å²) in [4.78, 5) is 21.8. The molecule has 0 bridgehead atoms. The van der Waals surface area contributed by atoms with Gasteiger partial charge in [-0.2, -0.15) is 0 Å². The van der Waals surface area contributed by atoms with Crippen molar-refractivity contribution in [2.45, 2.75) is 13.8 Å². The molecule has 1 amide bonds. The first-order valence-electron chi connectivity index (χ1n) is 4.23. The van der Waals surface area contributed by atoms with Gasteiger partial charge >= 0.3 is 5.97 Å². The van der Waals surface area contributed by atoms with E-state index in [2.05, 4.69) is 21.2 Å². The lowest BCUT2D eigenvalue weighted by molar-refractivity contribution is -0.114. The molecule has 0 unspecified atom stereocenters. The monoisotopic (exact) mass is 271 g/mol. The molecule has 0 spiro atoms. The number of hydrogen-bond donors (Lipinski definition) is 2. The lowest BCUT2D eigenvalue weighted by atomic mass is 10.1. The number of carboxylic acid groups (broad SMARTS) is 1. The maximum absolute atomic E-state index is 10.9. The standard InChI is InChI=1S/C10H10BrNO3/c1-5-3-7(11)4-8(10(14)15)9(5)12-6(2)13/h3-4H,1-2H3,(H,12,13)(H,14,15). The number of rotatable bonds is 2. The smallest absolute Gasteiger partial charge is 0.337 e. The molecule has 0 saturated carbocycles. The van der Waals surface area contributed by atoms with E-state index >= 15 is 0 Å². The summed E-state index contributed by atoms with van der Waals surface area (Å²) >= 11 is 3.21.